The van der Waals surface area contributed by atoms with Gasteiger partial charge in [-0.25, -0.2) is 0 Å². The molecule has 7 heteroatoms. The summed E-state index contributed by atoms with van der Waals surface area (Å²) in [6, 6.07) is 11.9. The SMILES string of the molecule is Cc1cc(NC(=O)c2c(-c3ccccc3Cl)noc2C)ccc1C(N)=O. The molecule has 2 aromatic carbocycles. The third-order valence-electron chi connectivity index (χ3n) is 3.97. The highest BCUT2D eigenvalue weighted by atomic mass is 35.5. The molecule has 0 spiro atoms. The third kappa shape index (κ3) is 3.32. The summed E-state index contributed by atoms with van der Waals surface area (Å²) in [5, 5.41) is 7.24. The molecule has 3 rings (SSSR count). The molecule has 26 heavy (non-hydrogen) atoms. The molecule has 0 aliphatic carbocycles. The summed E-state index contributed by atoms with van der Waals surface area (Å²) in [5.41, 5.74) is 8.19. The molecule has 0 saturated carbocycles. The van der Waals surface area contributed by atoms with Gasteiger partial charge in [0.05, 0.1) is 5.02 Å². The fraction of sp³-hybridized carbons (Fsp3) is 0.105. The summed E-state index contributed by atoms with van der Waals surface area (Å²) in [5.74, 6) is -0.524. The molecule has 0 fully saturated rings. The largest absolute Gasteiger partial charge is 0.366 e. The Bertz CT molecular complexity index is 1010. The molecule has 0 aliphatic heterocycles. The van der Waals surface area contributed by atoms with Gasteiger partial charge < -0.3 is 15.6 Å². The molecule has 1 heterocycles. The number of hydrogen-bond donors (Lipinski definition) is 2. The van der Waals surface area contributed by atoms with E-state index in [1.807, 2.05) is 0 Å². The van der Waals surface area contributed by atoms with Gasteiger partial charge in [-0.1, -0.05) is 35.0 Å². The highest BCUT2D eigenvalue weighted by Gasteiger charge is 2.23. The Labute approximate surface area is 154 Å². The molecule has 132 valence electrons. The first-order valence-corrected chi connectivity index (χ1v) is 8.19. The zero-order chi connectivity index (χ0) is 18.8. The summed E-state index contributed by atoms with van der Waals surface area (Å²) in [4.78, 5) is 24.1. The fourth-order valence-electron chi connectivity index (χ4n) is 2.69. The molecule has 1 aromatic heterocycles. The number of benzene rings is 2. The lowest BCUT2D eigenvalue weighted by molar-refractivity contribution is 0.0997. The Balaban J connectivity index is 1.95. The number of hydrogen-bond acceptors (Lipinski definition) is 4. The number of nitrogens with two attached hydrogens (primary N) is 1. The third-order valence-corrected chi connectivity index (χ3v) is 4.30. The lowest BCUT2D eigenvalue weighted by Gasteiger charge is -2.09. The Hall–Kier alpha value is -3.12. The number of halogens is 1. The van der Waals surface area contributed by atoms with Crippen molar-refractivity contribution >= 4 is 29.1 Å². The number of amides is 2. The minimum Gasteiger partial charge on any atom is -0.366 e. The normalized spacial score (nSPS) is 10.6. The highest BCUT2D eigenvalue weighted by Crippen LogP contribution is 2.31. The quantitative estimate of drug-likeness (QED) is 0.727. The minimum atomic E-state index is -0.517. The van der Waals surface area contributed by atoms with E-state index >= 15 is 0 Å². The van der Waals surface area contributed by atoms with Crippen molar-refractivity contribution in [2.45, 2.75) is 13.8 Å². The van der Waals surface area contributed by atoms with Gasteiger partial charge in [0, 0.05) is 16.8 Å². The van der Waals surface area contributed by atoms with E-state index in [0.717, 1.165) is 0 Å². The lowest BCUT2D eigenvalue weighted by Crippen LogP contribution is -2.15. The Morgan fingerprint density at radius 1 is 1.15 bits per heavy atom. The van der Waals surface area contributed by atoms with E-state index in [4.69, 9.17) is 21.9 Å². The van der Waals surface area contributed by atoms with Crippen LogP contribution in [0.15, 0.2) is 47.0 Å². The van der Waals surface area contributed by atoms with E-state index < -0.39 is 5.91 Å². The summed E-state index contributed by atoms with van der Waals surface area (Å²) in [6.07, 6.45) is 0. The van der Waals surface area contributed by atoms with Crippen molar-refractivity contribution in [3.63, 3.8) is 0 Å². The Morgan fingerprint density at radius 2 is 1.88 bits per heavy atom. The van der Waals surface area contributed by atoms with Gasteiger partial charge in [-0.2, -0.15) is 0 Å². The van der Waals surface area contributed by atoms with Crippen LogP contribution in [-0.2, 0) is 0 Å². The average Bonchev–Trinajstić information content (AvgIpc) is 2.96. The summed E-state index contributed by atoms with van der Waals surface area (Å²) in [7, 11) is 0. The van der Waals surface area contributed by atoms with E-state index in [9.17, 15) is 9.59 Å². The predicted octanol–water partition coefficient (Wildman–Crippen LogP) is 3.96. The van der Waals surface area contributed by atoms with E-state index in [1.165, 1.54) is 0 Å². The zero-order valence-corrected chi connectivity index (χ0v) is 14.9. The molecule has 6 nitrogen and oxygen atoms in total. The van der Waals surface area contributed by atoms with Gasteiger partial charge >= 0.3 is 0 Å². The first-order chi connectivity index (χ1) is 12.4. The topological polar surface area (TPSA) is 98.2 Å². The van der Waals surface area contributed by atoms with Crippen LogP contribution in [0, 0.1) is 13.8 Å². The van der Waals surface area contributed by atoms with Crippen molar-refractivity contribution in [3.8, 4) is 11.3 Å². The summed E-state index contributed by atoms with van der Waals surface area (Å²) < 4.78 is 5.21. The van der Waals surface area contributed by atoms with Crippen molar-refractivity contribution < 1.29 is 14.1 Å². The van der Waals surface area contributed by atoms with E-state index in [2.05, 4.69) is 10.5 Å². The second kappa shape index (κ2) is 7.01. The predicted molar refractivity (Wildman–Crippen MR) is 99.3 cm³/mol. The molecular formula is C19H16ClN3O3. The number of rotatable bonds is 4. The van der Waals surface area contributed by atoms with Gasteiger partial charge in [0.1, 0.15) is 17.0 Å². The fourth-order valence-corrected chi connectivity index (χ4v) is 2.91. The number of aryl methyl sites for hydroxylation is 2. The maximum atomic E-state index is 12.8. The molecule has 2 amide bonds. The maximum Gasteiger partial charge on any atom is 0.261 e. The van der Waals surface area contributed by atoms with Crippen molar-refractivity contribution in [3.05, 3.63) is 69.9 Å². The van der Waals surface area contributed by atoms with Crippen LogP contribution < -0.4 is 11.1 Å². The van der Waals surface area contributed by atoms with Crippen LogP contribution in [0.2, 0.25) is 5.02 Å². The van der Waals surface area contributed by atoms with Gasteiger partial charge in [-0.3, -0.25) is 9.59 Å². The molecular weight excluding hydrogens is 354 g/mol. The molecule has 0 radical (unpaired) electrons. The van der Waals surface area contributed by atoms with E-state index in [1.54, 1.807) is 56.3 Å². The number of carbonyl (C=O) groups excluding carboxylic acids is 2. The second-order valence-corrected chi connectivity index (χ2v) is 6.20. The Morgan fingerprint density at radius 3 is 2.54 bits per heavy atom. The van der Waals surface area contributed by atoms with Crippen LogP contribution in [0.3, 0.4) is 0 Å². The number of nitrogens with one attached hydrogen (secondary N) is 1. The van der Waals surface area contributed by atoms with Gasteiger partial charge in [0.25, 0.3) is 5.91 Å². The maximum absolute atomic E-state index is 12.8. The second-order valence-electron chi connectivity index (χ2n) is 5.79. The van der Waals surface area contributed by atoms with E-state index in [0.29, 0.717) is 44.4 Å². The van der Waals surface area contributed by atoms with Gasteiger partial charge in [0.15, 0.2) is 0 Å². The van der Waals surface area contributed by atoms with Crippen molar-refractivity contribution in [1.82, 2.24) is 5.16 Å². The number of aromatic nitrogens is 1. The lowest BCUT2D eigenvalue weighted by atomic mass is 10.0. The molecule has 0 atom stereocenters. The first kappa shape index (κ1) is 17.7. The molecule has 3 N–H and O–H groups in total. The van der Waals surface area contributed by atoms with Crippen LogP contribution in [0.5, 0.6) is 0 Å². The summed E-state index contributed by atoms with van der Waals surface area (Å²) >= 11 is 6.22. The van der Waals surface area contributed by atoms with Crippen LogP contribution in [-0.4, -0.2) is 17.0 Å². The Kier molecular flexibility index (Phi) is 4.77. The van der Waals surface area contributed by atoms with Gasteiger partial charge in [-0.15, -0.1) is 0 Å². The zero-order valence-electron chi connectivity index (χ0n) is 14.2. The van der Waals surface area contributed by atoms with Crippen molar-refractivity contribution in [2.75, 3.05) is 5.32 Å². The monoisotopic (exact) mass is 369 g/mol. The number of carbonyl (C=O) groups is 2. The molecule has 0 unspecified atom stereocenters. The number of primary amides is 1. The van der Waals surface area contributed by atoms with Crippen molar-refractivity contribution in [1.29, 1.82) is 0 Å². The smallest absolute Gasteiger partial charge is 0.261 e. The summed E-state index contributed by atoms with van der Waals surface area (Å²) in [6.45, 7) is 3.40. The first-order valence-electron chi connectivity index (χ1n) is 7.81. The number of nitrogens with zero attached hydrogens (tertiary/aromatic N) is 1. The van der Waals surface area contributed by atoms with Gasteiger partial charge in [0.2, 0.25) is 5.91 Å². The standard InChI is InChI=1S/C19H16ClN3O3/c1-10-9-12(7-8-13(10)18(21)24)22-19(25)16-11(2)26-23-17(16)14-5-3-4-6-15(14)20/h3-9H,1-2H3,(H2,21,24)(H,22,25). The molecule has 3 aromatic rings. The average molecular weight is 370 g/mol. The number of anilines is 1. The highest BCUT2D eigenvalue weighted by molar-refractivity contribution is 6.33. The van der Waals surface area contributed by atoms with Crippen LogP contribution in [0.4, 0.5) is 5.69 Å². The van der Waals surface area contributed by atoms with Crippen LogP contribution in [0.25, 0.3) is 11.3 Å². The molecule has 0 aliphatic rings. The molecule has 0 saturated heterocycles. The van der Waals surface area contributed by atoms with Crippen molar-refractivity contribution in [2.24, 2.45) is 5.73 Å². The van der Waals surface area contributed by atoms with Crippen LogP contribution >= 0.6 is 11.6 Å². The van der Waals surface area contributed by atoms with E-state index in [-0.39, 0.29) is 5.91 Å². The van der Waals surface area contributed by atoms with Gasteiger partial charge in [-0.05, 0) is 43.7 Å². The molecule has 0 bridgehead atoms. The minimum absolute atomic E-state index is 0.301. The van der Waals surface area contributed by atoms with Crippen LogP contribution in [0.1, 0.15) is 32.0 Å².